The van der Waals surface area contributed by atoms with Crippen molar-refractivity contribution in [1.82, 2.24) is 14.3 Å². The Hall–Kier alpha value is -1.11. The van der Waals surface area contributed by atoms with E-state index >= 15 is 0 Å². The average molecular weight is 357 g/mol. The zero-order valence-corrected chi connectivity index (χ0v) is 12.7. The molecular weight excluding hydrogens is 341 g/mol. The summed E-state index contributed by atoms with van der Waals surface area (Å²) in [6.07, 6.45) is 2.74. The van der Waals surface area contributed by atoms with Gasteiger partial charge >= 0.3 is 0 Å². The van der Waals surface area contributed by atoms with Gasteiger partial charge in [-0.3, -0.25) is 9.48 Å². The van der Waals surface area contributed by atoms with E-state index in [0.717, 1.165) is 27.9 Å². The van der Waals surface area contributed by atoms with E-state index in [9.17, 15) is 4.79 Å². The minimum atomic E-state index is 0.0556. The third kappa shape index (κ3) is 2.66. The van der Waals surface area contributed by atoms with Crippen molar-refractivity contribution >= 4 is 22.6 Å². The van der Waals surface area contributed by atoms with Crippen molar-refractivity contribution in [2.45, 2.75) is 33.4 Å². The van der Waals surface area contributed by atoms with Crippen LogP contribution in [0.3, 0.4) is 0 Å². The van der Waals surface area contributed by atoms with E-state index in [1.807, 2.05) is 23.0 Å². The zero-order chi connectivity index (χ0) is 13.1. The third-order valence-corrected chi connectivity index (χ3v) is 3.70. The van der Waals surface area contributed by atoms with Crippen molar-refractivity contribution in [1.29, 1.82) is 0 Å². The molecule has 0 unspecified atom stereocenters. The van der Waals surface area contributed by atoms with Crippen LogP contribution < -0.4 is 5.56 Å². The van der Waals surface area contributed by atoms with Crippen LogP contribution in [0.15, 0.2) is 29.2 Å². The van der Waals surface area contributed by atoms with Crippen LogP contribution in [0.25, 0.3) is 0 Å². The van der Waals surface area contributed by atoms with Crippen LogP contribution in [0.5, 0.6) is 0 Å². The second kappa shape index (κ2) is 5.69. The first kappa shape index (κ1) is 13.3. The number of pyridine rings is 1. The van der Waals surface area contributed by atoms with Crippen molar-refractivity contribution < 1.29 is 0 Å². The van der Waals surface area contributed by atoms with Gasteiger partial charge in [0.15, 0.2) is 0 Å². The highest BCUT2D eigenvalue weighted by Gasteiger charge is 2.08. The van der Waals surface area contributed by atoms with Gasteiger partial charge in [0, 0.05) is 12.7 Å². The average Bonchev–Trinajstić information content (AvgIpc) is 2.77. The van der Waals surface area contributed by atoms with Crippen molar-refractivity contribution in [3.05, 3.63) is 49.7 Å². The molecule has 0 saturated carbocycles. The first-order chi connectivity index (χ1) is 8.65. The molecule has 18 heavy (non-hydrogen) atoms. The molecule has 0 radical (unpaired) electrons. The molecule has 2 rings (SSSR count). The maximum Gasteiger partial charge on any atom is 0.264 e. The van der Waals surface area contributed by atoms with E-state index in [1.165, 1.54) is 0 Å². The molecule has 0 spiro atoms. The molecule has 0 fully saturated rings. The number of halogens is 1. The molecule has 0 amide bonds. The van der Waals surface area contributed by atoms with E-state index in [1.54, 1.807) is 4.57 Å². The summed E-state index contributed by atoms with van der Waals surface area (Å²) in [7, 11) is 0. The summed E-state index contributed by atoms with van der Waals surface area (Å²) in [5, 5.41) is 4.49. The minimum absolute atomic E-state index is 0.0556. The molecule has 0 aliphatic heterocycles. The Kier molecular flexibility index (Phi) is 4.21. The van der Waals surface area contributed by atoms with Crippen LogP contribution in [0.4, 0.5) is 0 Å². The molecular formula is C13H16IN3O. The van der Waals surface area contributed by atoms with E-state index in [2.05, 4.69) is 47.6 Å². The fourth-order valence-electron chi connectivity index (χ4n) is 1.90. The lowest BCUT2D eigenvalue weighted by atomic mass is 10.3. The Morgan fingerprint density at radius 1 is 1.39 bits per heavy atom. The molecule has 0 atom stereocenters. The second-order valence-corrected chi connectivity index (χ2v) is 5.25. The number of rotatable bonds is 4. The molecule has 0 saturated heterocycles. The fourth-order valence-corrected chi connectivity index (χ4v) is 2.41. The number of aryl methyl sites for hydroxylation is 2. The first-order valence-corrected chi connectivity index (χ1v) is 7.14. The number of hydrogen-bond acceptors (Lipinski definition) is 2. The van der Waals surface area contributed by atoms with Crippen LogP contribution in [0.1, 0.15) is 25.2 Å². The van der Waals surface area contributed by atoms with Crippen LogP contribution in [-0.2, 0) is 19.5 Å². The van der Waals surface area contributed by atoms with Gasteiger partial charge in [-0.2, -0.15) is 5.10 Å². The predicted molar refractivity (Wildman–Crippen MR) is 79.8 cm³/mol. The fraction of sp³-hybridized carbons (Fsp3) is 0.385. The summed E-state index contributed by atoms with van der Waals surface area (Å²) < 4.78 is 4.43. The zero-order valence-electron chi connectivity index (χ0n) is 10.6. The number of hydrogen-bond donors (Lipinski definition) is 0. The quantitative estimate of drug-likeness (QED) is 0.788. The molecule has 5 heteroatoms. The summed E-state index contributed by atoms with van der Waals surface area (Å²) in [6.45, 7) is 5.56. The summed E-state index contributed by atoms with van der Waals surface area (Å²) in [6, 6.07) is 5.81. The van der Waals surface area contributed by atoms with Gasteiger partial charge in [0.25, 0.3) is 5.56 Å². The lowest BCUT2D eigenvalue weighted by molar-refractivity contribution is 0.589. The van der Waals surface area contributed by atoms with Crippen molar-refractivity contribution in [2.75, 3.05) is 0 Å². The van der Waals surface area contributed by atoms with E-state index in [4.69, 9.17) is 0 Å². The standard InChI is InChI=1S/C13H16IN3O/c1-3-10-8-11(17(4-2)15-10)9-16-7-5-6-12(14)13(16)18/h5-8H,3-4,9H2,1-2H3. The van der Waals surface area contributed by atoms with Crippen LogP contribution in [0.2, 0.25) is 0 Å². The second-order valence-electron chi connectivity index (χ2n) is 4.09. The molecule has 0 aromatic carbocycles. The Morgan fingerprint density at radius 3 is 2.83 bits per heavy atom. The van der Waals surface area contributed by atoms with Crippen LogP contribution in [0, 0.1) is 3.57 Å². The topological polar surface area (TPSA) is 39.8 Å². The molecule has 0 N–H and O–H groups in total. The Bertz CT molecular complexity index is 601. The highest BCUT2D eigenvalue weighted by atomic mass is 127. The summed E-state index contributed by atoms with van der Waals surface area (Å²) in [4.78, 5) is 12.0. The van der Waals surface area contributed by atoms with Gasteiger partial charge in [-0.15, -0.1) is 0 Å². The molecule has 0 bridgehead atoms. The van der Waals surface area contributed by atoms with E-state index in [0.29, 0.717) is 6.54 Å². The first-order valence-electron chi connectivity index (χ1n) is 6.06. The maximum absolute atomic E-state index is 12.0. The molecule has 2 heterocycles. The molecule has 0 aliphatic rings. The largest absolute Gasteiger partial charge is 0.309 e. The van der Waals surface area contributed by atoms with Crippen LogP contribution >= 0.6 is 22.6 Å². The highest BCUT2D eigenvalue weighted by Crippen LogP contribution is 2.07. The van der Waals surface area contributed by atoms with Gasteiger partial charge in [-0.25, -0.2) is 0 Å². The van der Waals surface area contributed by atoms with E-state index in [-0.39, 0.29) is 5.56 Å². The van der Waals surface area contributed by atoms with Gasteiger partial charge in [0.05, 0.1) is 21.5 Å². The van der Waals surface area contributed by atoms with Gasteiger partial charge in [0.2, 0.25) is 0 Å². The van der Waals surface area contributed by atoms with Crippen LogP contribution in [-0.4, -0.2) is 14.3 Å². The highest BCUT2D eigenvalue weighted by molar-refractivity contribution is 14.1. The minimum Gasteiger partial charge on any atom is -0.309 e. The number of aromatic nitrogens is 3. The van der Waals surface area contributed by atoms with Gasteiger partial charge in [0.1, 0.15) is 0 Å². The van der Waals surface area contributed by atoms with Gasteiger partial charge < -0.3 is 4.57 Å². The SMILES string of the molecule is CCc1cc(Cn2cccc(I)c2=O)n(CC)n1. The lowest BCUT2D eigenvalue weighted by Crippen LogP contribution is -2.23. The Morgan fingerprint density at radius 2 is 2.17 bits per heavy atom. The monoisotopic (exact) mass is 357 g/mol. The molecule has 0 aliphatic carbocycles. The summed E-state index contributed by atoms with van der Waals surface area (Å²) >= 11 is 2.07. The lowest BCUT2D eigenvalue weighted by Gasteiger charge is -2.07. The van der Waals surface area contributed by atoms with Crippen molar-refractivity contribution in [3.8, 4) is 0 Å². The summed E-state index contributed by atoms with van der Waals surface area (Å²) in [5.74, 6) is 0. The third-order valence-electron chi connectivity index (χ3n) is 2.88. The molecule has 2 aromatic rings. The molecule has 2 aromatic heterocycles. The van der Waals surface area contributed by atoms with Gasteiger partial charge in [-0.05, 0) is 54.1 Å². The Labute approximate surface area is 120 Å². The van der Waals surface area contributed by atoms with E-state index < -0.39 is 0 Å². The van der Waals surface area contributed by atoms with Crippen molar-refractivity contribution in [3.63, 3.8) is 0 Å². The maximum atomic E-state index is 12.0. The Balaban J connectivity index is 2.36. The normalized spacial score (nSPS) is 10.8. The molecule has 4 nitrogen and oxygen atoms in total. The van der Waals surface area contributed by atoms with Gasteiger partial charge in [-0.1, -0.05) is 6.92 Å². The number of nitrogens with zero attached hydrogens (tertiary/aromatic N) is 3. The van der Waals surface area contributed by atoms with Crippen molar-refractivity contribution in [2.24, 2.45) is 0 Å². The summed E-state index contributed by atoms with van der Waals surface area (Å²) in [5.41, 5.74) is 2.21. The molecule has 96 valence electrons. The smallest absolute Gasteiger partial charge is 0.264 e. The predicted octanol–water partition coefficient (Wildman–Crippen LogP) is 2.28.